The van der Waals surface area contributed by atoms with E-state index in [0.717, 1.165) is 29.1 Å². The number of halogens is 1. The van der Waals surface area contributed by atoms with Gasteiger partial charge in [-0.15, -0.1) is 21.5 Å². The molecule has 0 aromatic carbocycles. The molecule has 27 heavy (non-hydrogen) atoms. The first-order valence-corrected chi connectivity index (χ1v) is 9.79. The van der Waals surface area contributed by atoms with Gasteiger partial charge in [0.1, 0.15) is 22.3 Å². The molecule has 0 amide bonds. The highest BCUT2D eigenvalue weighted by molar-refractivity contribution is 7.15. The third-order valence-corrected chi connectivity index (χ3v) is 6.26. The van der Waals surface area contributed by atoms with Crippen LogP contribution in [0.4, 0.5) is 10.2 Å². The minimum atomic E-state index is -0.271. The van der Waals surface area contributed by atoms with E-state index in [-0.39, 0.29) is 17.3 Å². The average Bonchev–Trinajstić information content (AvgIpc) is 3.13. The lowest BCUT2D eigenvalue weighted by atomic mass is 9.66. The second-order valence-electron chi connectivity index (χ2n) is 6.98. The van der Waals surface area contributed by atoms with Crippen LogP contribution < -0.4 is 11.1 Å². The van der Waals surface area contributed by atoms with Gasteiger partial charge in [-0.3, -0.25) is 4.98 Å². The Morgan fingerprint density at radius 3 is 2.70 bits per heavy atom. The van der Waals surface area contributed by atoms with Crippen LogP contribution in [-0.2, 0) is 5.41 Å². The number of nitrogens with two attached hydrogens (primary N) is 1. The normalized spacial score (nSPS) is 16.6. The van der Waals surface area contributed by atoms with Crippen LogP contribution in [0.3, 0.4) is 0 Å². The molecule has 1 aliphatic carbocycles. The van der Waals surface area contributed by atoms with Gasteiger partial charge >= 0.3 is 0 Å². The van der Waals surface area contributed by atoms with E-state index in [1.54, 1.807) is 18.5 Å². The highest BCUT2D eigenvalue weighted by Gasteiger charge is 2.41. The fraction of sp³-hybridized carbons (Fsp3) is 0.368. The van der Waals surface area contributed by atoms with Gasteiger partial charge in [0.15, 0.2) is 0 Å². The molecule has 0 saturated heterocycles. The SMILES string of the molecule is CC(N)c1cnc(-c2ccc(NCC3(c4ncccc4F)CCC3)nn2)s1. The van der Waals surface area contributed by atoms with Crippen LogP contribution in [0.1, 0.15) is 42.8 Å². The standard InChI is InChI=1S/C19H21FN6S/c1-12(21)15-10-23-18(27-15)14-5-6-16(26-25-14)24-11-19(7-3-8-19)17-13(20)4-2-9-22-17/h2,4-6,9-10,12H,3,7-8,11,21H2,1H3,(H,24,26). The summed E-state index contributed by atoms with van der Waals surface area (Å²) >= 11 is 1.52. The van der Waals surface area contributed by atoms with Crippen molar-refractivity contribution in [2.24, 2.45) is 5.73 Å². The van der Waals surface area contributed by atoms with Gasteiger partial charge in [-0.25, -0.2) is 9.37 Å². The maximum absolute atomic E-state index is 14.2. The minimum absolute atomic E-state index is 0.0455. The molecule has 3 N–H and O–H groups in total. The number of hydrogen-bond donors (Lipinski definition) is 2. The number of anilines is 1. The summed E-state index contributed by atoms with van der Waals surface area (Å²) in [6.07, 6.45) is 6.34. The predicted molar refractivity (Wildman–Crippen MR) is 104 cm³/mol. The largest absolute Gasteiger partial charge is 0.368 e. The summed E-state index contributed by atoms with van der Waals surface area (Å²) in [7, 11) is 0. The zero-order valence-corrected chi connectivity index (χ0v) is 15.8. The van der Waals surface area contributed by atoms with E-state index in [2.05, 4.69) is 25.5 Å². The van der Waals surface area contributed by atoms with Gasteiger partial charge in [0.05, 0.1) is 5.69 Å². The van der Waals surface area contributed by atoms with Crippen LogP contribution in [0.25, 0.3) is 10.7 Å². The van der Waals surface area contributed by atoms with E-state index in [1.807, 2.05) is 19.1 Å². The van der Waals surface area contributed by atoms with E-state index in [1.165, 1.54) is 17.4 Å². The molecule has 1 aliphatic rings. The molecule has 8 heteroatoms. The first-order valence-electron chi connectivity index (χ1n) is 8.98. The van der Waals surface area contributed by atoms with Crippen LogP contribution in [-0.4, -0.2) is 26.7 Å². The Kier molecular flexibility index (Phi) is 4.84. The van der Waals surface area contributed by atoms with Gasteiger partial charge in [0.25, 0.3) is 0 Å². The lowest BCUT2D eigenvalue weighted by Gasteiger charge is -2.41. The Labute approximate surface area is 161 Å². The number of pyridine rings is 1. The van der Waals surface area contributed by atoms with Crippen molar-refractivity contribution in [3.05, 3.63) is 53.0 Å². The maximum Gasteiger partial charge on any atom is 0.148 e. The smallest absolute Gasteiger partial charge is 0.148 e. The lowest BCUT2D eigenvalue weighted by molar-refractivity contribution is 0.243. The summed E-state index contributed by atoms with van der Waals surface area (Å²) in [5.74, 6) is 0.416. The van der Waals surface area contributed by atoms with Gasteiger partial charge in [0, 0.05) is 35.3 Å². The highest BCUT2D eigenvalue weighted by Crippen LogP contribution is 2.43. The molecular weight excluding hydrogens is 363 g/mol. The maximum atomic E-state index is 14.2. The van der Waals surface area contributed by atoms with Gasteiger partial charge in [-0.05, 0) is 44.0 Å². The summed E-state index contributed by atoms with van der Waals surface area (Å²) in [6.45, 7) is 2.51. The third-order valence-electron chi connectivity index (χ3n) is 5.04. The Bertz CT molecular complexity index is 920. The van der Waals surface area contributed by atoms with Crippen molar-refractivity contribution in [3.63, 3.8) is 0 Å². The Balaban J connectivity index is 1.46. The molecule has 4 rings (SSSR count). The van der Waals surface area contributed by atoms with Gasteiger partial charge in [-0.2, -0.15) is 0 Å². The molecule has 140 valence electrons. The first kappa shape index (κ1) is 17.9. The number of nitrogens with one attached hydrogen (secondary N) is 1. The third kappa shape index (κ3) is 3.54. The van der Waals surface area contributed by atoms with E-state index in [4.69, 9.17) is 5.73 Å². The van der Waals surface area contributed by atoms with Crippen molar-refractivity contribution in [2.75, 3.05) is 11.9 Å². The van der Waals surface area contributed by atoms with E-state index in [9.17, 15) is 4.39 Å². The molecular formula is C19H21FN6S. The molecule has 1 saturated carbocycles. The molecule has 0 bridgehead atoms. The molecule has 0 aliphatic heterocycles. The Morgan fingerprint density at radius 2 is 2.11 bits per heavy atom. The van der Waals surface area contributed by atoms with Gasteiger partial charge in [-0.1, -0.05) is 6.42 Å². The van der Waals surface area contributed by atoms with E-state index in [0.29, 0.717) is 23.8 Å². The summed E-state index contributed by atoms with van der Waals surface area (Å²) in [6, 6.07) is 6.81. The second-order valence-corrected chi connectivity index (χ2v) is 8.04. The average molecular weight is 384 g/mol. The molecule has 3 aromatic rings. The van der Waals surface area contributed by atoms with E-state index >= 15 is 0 Å². The van der Waals surface area contributed by atoms with Crippen LogP contribution in [0, 0.1) is 5.82 Å². The monoisotopic (exact) mass is 384 g/mol. The quantitative estimate of drug-likeness (QED) is 0.674. The van der Waals surface area contributed by atoms with Crippen molar-refractivity contribution in [1.82, 2.24) is 20.2 Å². The molecule has 3 heterocycles. The molecule has 0 spiro atoms. The number of thiazole rings is 1. The van der Waals surface area contributed by atoms with Crippen molar-refractivity contribution in [2.45, 2.75) is 37.6 Å². The van der Waals surface area contributed by atoms with Crippen molar-refractivity contribution in [1.29, 1.82) is 0 Å². The van der Waals surface area contributed by atoms with Gasteiger partial charge < -0.3 is 11.1 Å². The second kappa shape index (κ2) is 7.28. The topological polar surface area (TPSA) is 89.6 Å². The van der Waals surface area contributed by atoms with Crippen molar-refractivity contribution in [3.8, 4) is 10.7 Å². The van der Waals surface area contributed by atoms with Crippen LogP contribution in [0.15, 0.2) is 36.7 Å². The van der Waals surface area contributed by atoms with Gasteiger partial charge in [0.2, 0.25) is 0 Å². The lowest BCUT2D eigenvalue weighted by Crippen LogP contribution is -2.42. The fourth-order valence-electron chi connectivity index (χ4n) is 3.29. The van der Waals surface area contributed by atoms with Crippen molar-refractivity contribution < 1.29 is 4.39 Å². The Hall–Kier alpha value is -2.45. The summed E-state index contributed by atoms with van der Waals surface area (Å²) in [5, 5.41) is 12.6. The number of rotatable bonds is 6. The molecule has 1 fully saturated rings. The molecule has 1 unspecified atom stereocenters. The zero-order chi connectivity index (χ0) is 18.9. The fourth-order valence-corrected chi connectivity index (χ4v) is 4.13. The zero-order valence-electron chi connectivity index (χ0n) is 15.0. The number of aromatic nitrogens is 4. The number of nitrogens with zero attached hydrogens (tertiary/aromatic N) is 4. The Morgan fingerprint density at radius 1 is 1.26 bits per heavy atom. The van der Waals surface area contributed by atoms with Crippen LogP contribution >= 0.6 is 11.3 Å². The van der Waals surface area contributed by atoms with Crippen LogP contribution in [0.5, 0.6) is 0 Å². The molecule has 1 atom stereocenters. The number of hydrogen-bond acceptors (Lipinski definition) is 7. The van der Waals surface area contributed by atoms with Crippen LogP contribution in [0.2, 0.25) is 0 Å². The first-order chi connectivity index (χ1) is 13.1. The van der Waals surface area contributed by atoms with E-state index < -0.39 is 0 Å². The molecule has 6 nitrogen and oxygen atoms in total. The molecule has 0 radical (unpaired) electrons. The highest BCUT2D eigenvalue weighted by atomic mass is 32.1. The summed E-state index contributed by atoms with van der Waals surface area (Å²) < 4.78 is 14.2. The minimum Gasteiger partial charge on any atom is -0.368 e. The van der Waals surface area contributed by atoms with Crippen molar-refractivity contribution >= 4 is 17.2 Å². The predicted octanol–water partition coefficient (Wildman–Crippen LogP) is 3.69. The summed E-state index contributed by atoms with van der Waals surface area (Å²) in [4.78, 5) is 9.66. The summed E-state index contributed by atoms with van der Waals surface area (Å²) in [5.41, 5.74) is 6.86. The molecule has 3 aromatic heterocycles.